The summed E-state index contributed by atoms with van der Waals surface area (Å²) < 4.78 is 2.19. The minimum absolute atomic E-state index is 0.0340. The van der Waals surface area contributed by atoms with E-state index < -0.39 is 11.2 Å². The molecule has 0 saturated carbocycles. The molecule has 132 valence electrons. The van der Waals surface area contributed by atoms with Crippen LogP contribution in [0.5, 0.6) is 0 Å². The molecule has 0 aromatic carbocycles. The van der Waals surface area contributed by atoms with E-state index in [2.05, 4.69) is 15.3 Å². The summed E-state index contributed by atoms with van der Waals surface area (Å²) in [5, 5.41) is 2.95. The van der Waals surface area contributed by atoms with Crippen LogP contribution in [0.25, 0.3) is 0 Å². The first-order valence-corrected chi connectivity index (χ1v) is 8.12. The molecule has 0 bridgehead atoms. The number of hydrogen-bond acceptors (Lipinski definition) is 6. The Balaban J connectivity index is 1.62. The smallest absolute Gasteiger partial charge is 0.331 e. The number of carbonyl (C=O) groups is 1. The van der Waals surface area contributed by atoms with Gasteiger partial charge in [0.15, 0.2) is 0 Å². The molecular formula is C16H20N6O3. The van der Waals surface area contributed by atoms with Crippen molar-refractivity contribution in [3.05, 3.63) is 51.6 Å². The topological polar surface area (TPSA) is 102 Å². The van der Waals surface area contributed by atoms with Crippen LogP contribution in [0.3, 0.4) is 0 Å². The molecule has 2 aromatic heterocycles. The maximum absolute atomic E-state index is 12.3. The fourth-order valence-electron chi connectivity index (χ4n) is 2.90. The van der Waals surface area contributed by atoms with E-state index in [0.717, 1.165) is 24.0 Å². The zero-order valence-corrected chi connectivity index (χ0v) is 14.0. The first-order valence-electron chi connectivity index (χ1n) is 8.12. The molecule has 1 atom stereocenters. The molecule has 9 heteroatoms. The summed E-state index contributed by atoms with van der Waals surface area (Å²) in [5.41, 5.74) is -0.905. The lowest BCUT2D eigenvalue weighted by Gasteiger charge is -2.33. The van der Waals surface area contributed by atoms with Crippen molar-refractivity contribution < 1.29 is 4.79 Å². The van der Waals surface area contributed by atoms with Crippen LogP contribution in [0.15, 0.2) is 40.3 Å². The quantitative estimate of drug-likeness (QED) is 0.773. The van der Waals surface area contributed by atoms with E-state index in [9.17, 15) is 14.4 Å². The van der Waals surface area contributed by atoms with Gasteiger partial charge in [-0.25, -0.2) is 14.8 Å². The highest BCUT2D eigenvalue weighted by atomic mass is 16.2. The van der Waals surface area contributed by atoms with Gasteiger partial charge in [0.2, 0.25) is 11.9 Å². The second-order valence-electron chi connectivity index (χ2n) is 6.02. The van der Waals surface area contributed by atoms with Crippen molar-refractivity contribution in [2.45, 2.75) is 25.4 Å². The maximum atomic E-state index is 12.3. The Bertz CT molecular complexity index is 860. The third kappa shape index (κ3) is 3.93. The van der Waals surface area contributed by atoms with E-state index >= 15 is 0 Å². The van der Waals surface area contributed by atoms with Gasteiger partial charge in [0.25, 0.3) is 5.56 Å². The molecule has 1 aliphatic rings. The summed E-state index contributed by atoms with van der Waals surface area (Å²) in [6.45, 7) is 1.35. The molecule has 3 heterocycles. The molecule has 0 spiro atoms. The Morgan fingerprint density at radius 3 is 2.84 bits per heavy atom. The lowest BCUT2D eigenvalue weighted by Crippen LogP contribution is -2.49. The van der Waals surface area contributed by atoms with Gasteiger partial charge in [-0.1, -0.05) is 0 Å². The van der Waals surface area contributed by atoms with Crippen molar-refractivity contribution in [3.8, 4) is 0 Å². The van der Waals surface area contributed by atoms with Crippen LogP contribution in [0.1, 0.15) is 12.8 Å². The van der Waals surface area contributed by atoms with Crippen molar-refractivity contribution >= 4 is 11.9 Å². The highest BCUT2D eigenvalue weighted by Gasteiger charge is 2.23. The Labute approximate surface area is 143 Å². The van der Waals surface area contributed by atoms with E-state index in [1.54, 1.807) is 18.5 Å². The summed E-state index contributed by atoms with van der Waals surface area (Å²) in [4.78, 5) is 46.1. The molecule has 9 nitrogen and oxygen atoms in total. The first-order chi connectivity index (χ1) is 12.0. The summed E-state index contributed by atoms with van der Waals surface area (Å²) in [5.74, 6) is 0.386. The molecule has 0 radical (unpaired) electrons. The molecule has 1 N–H and O–H groups in total. The second kappa shape index (κ2) is 7.29. The zero-order valence-electron chi connectivity index (χ0n) is 14.0. The average Bonchev–Trinajstić information content (AvgIpc) is 2.63. The molecule has 1 amide bonds. The Hall–Kier alpha value is -2.97. The van der Waals surface area contributed by atoms with Crippen molar-refractivity contribution in [2.24, 2.45) is 7.05 Å². The van der Waals surface area contributed by atoms with Crippen LogP contribution in [-0.4, -0.2) is 44.1 Å². The SMILES string of the molecule is Cn1c(=O)ccn(CC(=O)N[C@H]2CCCN(c3ncccn3)C2)c1=O. The van der Waals surface area contributed by atoms with Crippen LogP contribution in [-0.2, 0) is 18.4 Å². The van der Waals surface area contributed by atoms with E-state index in [4.69, 9.17) is 0 Å². The molecule has 2 aromatic rings. The van der Waals surface area contributed by atoms with Gasteiger partial charge < -0.3 is 10.2 Å². The van der Waals surface area contributed by atoms with Crippen LogP contribution >= 0.6 is 0 Å². The maximum Gasteiger partial charge on any atom is 0.331 e. The summed E-state index contributed by atoms with van der Waals surface area (Å²) in [6.07, 6.45) is 6.50. The number of amides is 1. The Morgan fingerprint density at radius 1 is 1.32 bits per heavy atom. The third-order valence-electron chi connectivity index (χ3n) is 4.20. The van der Waals surface area contributed by atoms with Gasteiger partial charge in [0.05, 0.1) is 0 Å². The standard InChI is InChI=1S/C16H20N6O3/c1-20-14(24)5-9-22(16(20)25)11-13(23)19-12-4-2-8-21(10-12)15-17-6-3-7-18-15/h3,5-7,9,12H,2,4,8,10-11H2,1H3,(H,19,23)/t12-/m0/s1. The zero-order chi connectivity index (χ0) is 17.8. The van der Waals surface area contributed by atoms with Gasteiger partial charge in [-0.05, 0) is 18.9 Å². The predicted molar refractivity (Wildman–Crippen MR) is 91.4 cm³/mol. The van der Waals surface area contributed by atoms with Crippen molar-refractivity contribution in [3.63, 3.8) is 0 Å². The van der Waals surface area contributed by atoms with Gasteiger partial charge in [-0.3, -0.25) is 18.7 Å². The number of aromatic nitrogens is 4. The van der Waals surface area contributed by atoms with Crippen molar-refractivity contribution in [1.29, 1.82) is 0 Å². The lowest BCUT2D eigenvalue weighted by molar-refractivity contribution is -0.122. The van der Waals surface area contributed by atoms with Crippen molar-refractivity contribution in [2.75, 3.05) is 18.0 Å². The fraction of sp³-hybridized carbons (Fsp3) is 0.438. The van der Waals surface area contributed by atoms with Crippen molar-refractivity contribution in [1.82, 2.24) is 24.4 Å². The fourth-order valence-corrected chi connectivity index (χ4v) is 2.90. The number of anilines is 1. The molecule has 1 fully saturated rings. The lowest BCUT2D eigenvalue weighted by atomic mass is 10.1. The predicted octanol–water partition coefficient (Wildman–Crippen LogP) is -0.878. The van der Waals surface area contributed by atoms with Crippen LogP contribution < -0.4 is 21.5 Å². The number of carbonyl (C=O) groups excluding carboxylic acids is 1. The first kappa shape index (κ1) is 16.9. The van der Waals surface area contributed by atoms with E-state index in [0.29, 0.717) is 12.5 Å². The van der Waals surface area contributed by atoms with Gasteiger partial charge in [0.1, 0.15) is 6.54 Å². The summed E-state index contributed by atoms with van der Waals surface area (Å²) in [7, 11) is 1.39. The van der Waals surface area contributed by atoms with Gasteiger partial charge in [-0.15, -0.1) is 0 Å². The minimum Gasteiger partial charge on any atom is -0.350 e. The van der Waals surface area contributed by atoms with Gasteiger partial charge in [-0.2, -0.15) is 0 Å². The molecule has 0 aliphatic carbocycles. The van der Waals surface area contributed by atoms with Gasteiger partial charge in [0, 0.05) is 50.8 Å². The van der Waals surface area contributed by atoms with Crippen LogP contribution in [0.4, 0.5) is 5.95 Å². The molecule has 0 unspecified atom stereocenters. The Morgan fingerprint density at radius 2 is 2.08 bits per heavy atom. The van der Waals surface area contributed by atoms with Crippen LogP contribution in [0.2, 0.25) is 0 Å². The monoisotopic (exact) mass is 344 g/mol. The number of hydrogen-bond donors (Lipinski definition) is 1. The molecule has 1 aliphatic heterocycles. The van der Waals surface area contributed by atoms with E-state index in [1.807, 2.05) is 4.90 Å². The summed E-state index contributed by atoms with van der Waals surface area (Å²) >= 11 is 0. The average molecular weight is 344 g/mol. The van der Waals surface area contributed by atoms with E-state index in [-0.39, 0.29) is 18.5 Å². The molecule has 25 heavy (non-hydrogen) atoms. The minimum atomic E-state index is -0.509. The number of nitrogens with one attached hydrogen (secondary N) is 1. The van der Waals surface area contributed by atoms with Gasteiger partial charge >= 0.3 is 5.69 Å². The third-order valence-corrected chi connectivity index (χ3v) is 4.20. The molecule has 3 rings (SSSR count). The number of piperidine rings is 1. The second-order valence-corrected chi connectivity index (χ2v) is 6.02. The largest absolute Gasteiger partial charge is 0.350 e. The number of nitrogens with zero attached hydrogens (tertiary/aromatic N) is 5. The normalized spacial score (nSPS) is 17.3. The highest BCUT2D eigenvalue weighted by Crippen LogP contribution is 2.15. The number of rotatable bonds is 4. The van der Waals surface area contributed by atoms with Crippen LogP contribution in [0, 0.1) is 0 Å². The molecule has 1 saturated heterocycles. The highest BCUT2D eigenvalue weighted by molar-refractivity contribution is 5.76. The molecular weight excluding hydrogens is 324 g/mol. The summed E-state index contributed by atoms with van der Waals surface area (Å²) in [6, 6.07) is 3.00. The Kier molecular flexibility index (Phi) is 4.92. The van der Waals surface area contributed by atoms with E-state index in [1.165, 1.54) is 23.9 Å².